The van der Waals surface area contributed by atoms with Gasteiger partial charge in [-0.3, -0.25) is 0 Å². The number of para-hydroxylation sites is 2. The van der Waals surface area contributed by atoms with Gasteiger partial charge in [0.25, 0.3) is 0 Å². The highest BCUT2D eigenvalue weighted by molar-refractivity contribution is 5.83. The third kappa shape index (κ3) is 1.03. The van der Waals surface area contributed by atoms with Crippen LogP contribution in [0.4, 0.5) is 0 Å². The van der Waals surface area contributed by atoms with Crippen molar-refractivity contribution in [1.29, 1.82) is 0 Å². The topological polar surface area (TPSA) is 61.3 Å². The number of nitrogens with one attached hydrogen (secondary N) is 1. The summed E-state index contributed by atoms with van der Waals surface area (Å²) < 4.78 is 0. The molecule has 1 aromatic heterocycles. The predicted octanol–water partition coefficient (Wildman–Crippen LogP) is 1.37. The first-order valence-corrected chi connectivity index (χ1v) is 3.52. The Kier molecular flexibility index (Phi) is 1.51. The highest BCUT2D eigenvalue weighted by Gasteiger charge is 1.97. The van der Waals surface area contributed by atoms with Crippen molar-refractivity contribution in [2.75, 3.05) is 0 Å². The lowest BCUT2D eigenvalue weighted by Gasteiger charge is -1.81. The number of rotatable bonds is 1. The van der Waals surface area contributed by atoms with E-state index in [4.69, 9.17) is 5.21 Å². The van der Waals surface area contributed by atoms with Gasteiger partial charge in [0.15, 0.2) is 5.82 Å². The van der Waals surface area contributed by atoms with Gasteiger partial charge in [-0.15, -0.1) is 0 Å². The molecule has 2 N–H and O–H groups in total. The lowest BCUT2D eigenvalue weighted by molar-refractivity contribution is 0.321. The third-order valence-electron chi connectivity index (χ3n) is 1.59. The van der Waals surface area contributed by atoms with E-state index in [1.165, 1.54) is 6.21 Å². The summed E-state index contributed by atoms with van der Waals surface area (Å²) in [5, 5.41) is 11.1. The van der Waals surface area contributed by atoms with Crippen LogP contribution in [0.2, 0.25) is 0 Å². The fourth-order valence-electron chi connectivity index (χ4n) is 1.09. The Morgan fingerprint density at radius 1 is 1.42 bits per heavy atom. The number of fused-ring (bicyclic) bond motifs is 1. The second kappa shape index (κ2) is 2.65. The second-order valence-electron chi connectivity index (χ2n) is 2.38. The van der Waals surface area contributed by atoms with Crippen molar-refractivity contribution in [1.82, 2.24) is 9.97 Å². The van der Waals surface area contributed by atoms with E-state index in [-0.39, 0.29) is 0 Å². The molecule has 12 heavy (non-hydrogen) atoms. The van der Waals surface area contributed by atoms with Gasteiger partial charge in [-0.2, -0.15) is 0 Å². The van der Waals surface area contributed by atoms with E-state index in [1.54, 1.807) is 0 Å². The summed E-state index contributed by atoms with van der Waals surface area (Å²) in [6, 6.07) is 7.63. The molecule has 60 valence electrons. The van der Waals surface area contributed by atoms with Crippen LogP contribution in [0.3, 0.4) is 0 Å². The Balaban J connectivity index is 2.62. The fraction of sp³-hybridized carbons (Fsp3) is 0. The van der Waals surface area contributed by atoms with E-state index in [9.17, 15) is 0 Å². The van der Waals surface area contributed by atoms with Gasteiger partial charge in [-0.1, -0.05) is 17.3 Å². The average Bonchev–Trinajstić information content (AvgIpc) is 2.47. The van der Waals surface area contributed by atoms with E-state index < -0.39 is 0 Å². The third-order valence-corrected chi connectivity index (χ3v) is 1.59. The maximum Gasteiger partial charge on any atom is 0.153 e. The van der Waals surface area contributed by atoms with Crippen molar-refractivity contribution in [3.8, 4) is 0 Å². The minimum absolute atomic E-state index is 0.554. The molecular formula is C8H7N3O. The van der Waals surface area contributed by atoms with Crippen LogP contribution in [-0.4, -0.2) is 21.4 Å². The van der Waals surface area contributed by atoms with Crippen molar-refractivity contribution in [2.24, 2.45) is 5.16 Å². The molecule has 0 spiro atoms. The van der Waals surface area contributed by atoms with E-state index in [0.29, 0.717) is 5.82 Å². The van der Waals surface area contributed by atoms with Crippen molar-refractivity contribution in [3.63, 3.8) is 0 Å². The van der Waals surface area contributed by atoms with E-state index >= 15 is 0 Å². The zero-order chi connectivity index (χ0) is 8.39. The number of H-pyrrole nitrogens is 1. The molecule has 2 aromatic rings. The Morgan fingerprint density at radius 3 is 3.00 bits per heavy atom. The maximum absolute atomic E-state index is 8.25. The molecule has 4 nitrogen and oxygen atoms in total. The number of hydrogen-bond donors (Lipinski definition) is 2. The SMILES string of the molecule is O/N=C/c1nc2ccccc2[nH]1. The molecule has 1 heterocycles. The lowest BCUT2D eigenvalue weighted by atomic mass is 10.3. The fourth-order valence-corrected chi connectivity index (χ4v) is 1.09. The number of imidazole rings is 1. The summed E-state index contributed by atoms with van der Waals surface area (Å²) in [5.74, 6) is 0.554. The number of aromatic nitrogens is 2. The average molecular weight is 161 g/mol. The van der Waals surface area contributed by atoms with Gasteiger partial charge in [0.1, 0.15) is 6.21 Å². The Labute approximate surface area is 68.6 Å². The number of oxime groups is 1. The summed E-state index contributed by atoms with van der Waals surface area (Å²) in [6.45, 7) is 0. The van der Waals surface area contributed by atoms with Gasteiger partial charge < -0.3 is 10.2 Å². The van der Waals surface area contributed by atoms with Gasteiger partial charge >= 0.3 is 0 Å². The summed E-state index contributed by atoms with van der Waals surface area (Å²) in [7, 11) is 0. The second-order valence-corrected chi connectivity index (χ2v) is 2.38. The molecule has 0 aliphatic rings. The summed E-state index contributed by atoms with van der Waals surface area (Å²) >= 11 is 0. The Bertz CT molecular complexity index is 386. The Morgan fingerprint density at radius 2 is 2.25 bits per heavy atom. The van der Waals surface area contributed by atoms with Crippen molar-refractivity contribution in [3.05, 3.63) is 30.1 Å². The normalized spacial score (nSPS) is 11.3. The molecule has 4 heteroatoms. The number of benzene rings is 1. The van der Waals surface area contributed by atoms with Crippen LogP contribution in [0.15, 0.2) is 29.4 Å². The van der Waals surface area contributed by atoms with Crippen LogP contribution in [0.1, 0.15) is 5.82 Å². The smallest absolute Gasteiger partial charge is 0.153 e. The summed E-state index contributed by atoms with van der Waals surface area (Å²) in [6.07, 6.45) is 1.26. The highest BCUT2D eigenvalue weighted by atomic mass is 16.4. The molecule has 1 aromatic carbocycles. The molecule has 0 radical (unpaired) electrons. The molecule has 0 aliphatic heterocycles. The minimum Gasteiger partial charge on any atom is -0.411 e. The predicted molar refractivity (Wildman–Crippen MR) is 45.5 cm³/mol. The lowest BCUT2D eigenvalue weighted by Crippen LogP contribution is -1.81. The van der Waals surface area contributed by atoms with Gasteiger partial charge in [0, 0.05) is 0 Å². The molecule has 2 rings (SSSR count). The van der Waals surface area contributed by atoms with Crippen LogP contribution in [0, 0.1) is 0 Å². The first kappa shape index (κ1) is 6.84. The van der Waals surface area contributed by atoms with E-state index in [0.717, 1.165) is 11.0 Å². The van der Waals surface area contributed by atoms with Crippen molar-refractivity contribution >= 4 is 17.2 Å². The first-order chi connectivity index (χ1) is 5.90. The molecule has 0 aliphatic carbocycles. The van der Waals surface area contributed by atoms with Gasteiger partial charge in [-0.25, -0.2) is 4.98 Å². The zero-order valence-electron chi connectivity index (χ0n) is 6.23. The summed E-state index contributed by atoms with van der Waals surface area (Å²) in [4.78, 5) is 7.11. The minimum atomic E-state index is 0.554. The highest BCUT2D eigenvalue weighted by Crippen LogP contribution is 2.08. The molecule has 0 saturated heterocycles. The van der Waals surface area contributed by atoms with Gasteiger partial charge in [-0.05, 0) is 12.1 Å². The summed E-state index contributed by atoms with van der Waals surface area (Å²) in [5.41, 5.74) is 1.81. The van der Waals surface area contributed by atoms with Crippen LogP contribution in [-0.2, 0) is 0 Å². The zero-order valence-corrected chi connectivity index (χ0v) is 6.23. The Hall–Kier alpha value is -1.84. The molecular weight excluding hydrogens is 154 g/mol. The number of aromatic amines is 1. The van der Waals surface area contributed by atoms with Crippen LogP contribution < -0.4 is 0 Å². The van der Waals surface area contributed by atoms with E-state index in [2.05, 4.69) is 15.1 Å². The molecule has 0 fully saturated rings. The van der Waals surface area contributed by atoms with Gasteiger partial charge in [0.2, 0.25) is 0 Å². The quantitative estimate of drug-likeness (QED) is 0.377. The largest absolute Gasteiger partial charge is 0.411 e. The maximum atomic E-state index is 8.25. The molecule has 0 bridgehead atoms. The monoisotopic (exact) mass is 161 g/mol. The van der Waals surface area contributed by atoms with Crippen molar-refractivity contribution < 1.29 is 5.21 Å². The molecule has 0 saturated carbocycles. The van der Waals surface area contributed by atoms with E-state index in [1.807, 2.05) is 24.3 Å². The van der Waals surface area contributed by atoms with Crippen LogP contribution in [0.25, 0.3) is 11.0 Å². The molecule has 0 unspecified atom stereocenters. The number of nitrogens with zero attached hydrogens (tertiary/aromatic N) is 2. The van der Waals surface area contributed by atoms with Crippen LogP contribution in [0.5, 0.6) is 0 Å². The molecule has 0 atom stereocenters. The van der Waals surface area contributed by atoms with Crippen molar-refractivity contribution in [2.45, 2.75) is 0 Å². The molecule has 0 amide bonds. The van der Waals surface area contributed by atoms with Gasteiger partial charge in [0.05, 0.1) is 11.0 Å². The first-order valence-electron chi connectivity index (χ1n) is 3.52. The standard InChI is InChI=1S/C8H7N3O/c12-9-5-8-10-6-3-1-2-4-7(6)11-8/h1-5,12H,(H,10,11)/b9-5+. The number of hydrogen-bond acceptors (Lipinski definition) is 3. The van der Waals surface area contributed by atoms with Crippen LogP contribution >= 0.6 is 0 Å².